The van der Waals surface area contributed by atoms with Gasteiger partial charge in [-0.05, 0) is 0 Å². The Morgan fingerprint density at radius 1 is 0.444 bits per heavy atom. The van der Waals surface area contributed by atoms with Crippen molar-refractivity contribution in [3.05, 3.63) is 0 Å². The normalized spacial score (nSPS) is 33.7. The molecule has 6 nitrogen and oxygen atoms in total. The van der Waals surface area contributed by atoms with E-state index in [0.717, 1.165) is 0 Å². The summed E-state index contributed by atoms with van der Waals surface area (Å²) in [7, 11) is -22.6. The van der Waals surface area contributed by atoms with Crippen LogP contribution in [0.1, 0.15) is 0 Å². The molecule has 0 aliphatic carbocycles. The summed E-state index contributed by atoms with van der Waals surface area (Å²) in [5, 5.41) is 0. The van der Waals surface area contributed by atoms with Crippen LogP contribution in [-0.4, -0.2) is 39.0 Å². The van der Waals surface area contributed by atoms with Crippen LogP contribution in [0.3, 0.4) is 0 Å². The van der Waals surface area contributed by atoms with E-state index in [0.29, 0.717) is 0 Å². The smallest absolute Gasteiger partial charge is 0.214 e. The largest absolute Gasteiger partial charge is 0.459 e. The van der Waals surface area contributed by atoms with Gasteiger partial charge in [0.1, 0.15) is 0 Å². The SMILES string of the molecule is O=S1(=O)C(F)(F)S(=O)(=O)C(F)(F)S(=O)(=O)C1(F)F. The van der Waals surface area contributed by atoms with E-state index in [2.05, 4.69) is 0 Å². The lowest BCUT2D eigenvalue weighted by Crippen LogP contribution is -2.65. The van der Waals surface area contributed by atoms with E-state index in [9.17, 15) is 51.6 Å². The van der Waals surface area contributed by atoms with Crippen molar-refractivity contribution in [2.24, 2.45) is 0 Å². The topological polar surface area (TPSA) is 102 Å². The van der Waals surface area contributed by atoms with Gasteiger partial charge >= 0.3 is 43.3 Å². The summed E-state index contributed by atoms with van der Waals surface area (Å²) in [5.41, 5.74) is 0. The highest BCUT2D eigenvalue weighted by atomic mass is 32.3. The van der Waals surface area contributed by atoms with E-state index in [-0.39, 0.29) is 0 Å². The predicted octanol–water partition coefficient (Wildman–Crippen LogP) is -0.105. The molecule has 1 aliphatic rings. The van der Waals surface area contributed by atoms with Crippen molar-refractivity contribution in [2.45, 2.75) is 13.8 Å². The van der Waals surface area contributed by atoms with Crippen molar-refractivity contribution in [1.82, 2.24) is 0 Å². The Morgan fingerprint density at radius 3 is 0.667 bits per heavy atom. The first-order valence-electron chi connectivity index (χ1n) is 3.36. The van der Waals surface area contributed by atoms with Crippen LogP contribution in [0.15, 0.2) is 0 Å². The minimum Gasteiger partial charge on any atom is -0.214 e. The van der Waals surface area contributed by atoms with Crippen LogP contribution in [0.4, 0.5) is 26.3 Å². The maximum absolute atomic E-state index is 12.7. The van der Waals surface area contributed by atoms with Crippen molar-refractivity contribution in [1.29, 1.82) is 0 Å². The van der Waals surface area contributed by atoms with Crippen molar-refractivity contribution in [2.75, 3.05) is 0 Å². The Bertz CT molecular complexity index is 562. The fraction of sp³-hybridized carbons (Fsp3) is 1.00. The number of halogens is 6. The quantitative estimate of drug-likeness (QED) is 0.570. The first kappa shape index (κ1) is 15.5. The molecule has 0 amide bonds. The fourth-order valence-corrected chi connectivity index (χ4v) is 7.50. The van der Waals surface area contributed by atoms with E-state index in [4.69, 9.17) is 0 Å². The Hall–Kier alpha value is -0.570. The lowest BCUT2D eigenvalue weighted by atomic mass is 11.5. The van der Waals surface area contributed by atoms with E-state index < -0.39 is 43.3 Å². The minimum atomic E-state index is -7.55. The van der Waals surface area contributed by atoms with Gasteiger partial charge in [0.2, 0.25) is 0 Å². The molecule has 0 bridgehead atoms. The van der Waals surface area contributed by atoms with Crippen LogP contribution in [0.2, 0.25) is 0 Å². The summed E-state index contributed by atoms with van der Waals surface area (Å²) < 4.78 is 119. The molecule has 0 saturated carbocycles. The van der Waals surface area contributed by atoms with Crippen molar-refractivity contribution < 1.29 is 51.6 Å². The van der Waals surface area contributed by atoms with Crippen molar-refractivity contribution in [3.8, 4) is 0 Å². The highest BCUT2D eigenvalue weighted by Crippen LogP contribution is 2.56. The van der Waals surface area contributed by atoms with E-state index in [1.165, 1.54) is 0 Å². The van der Waals surface area contributed by atoms with Gasteiger partial charge < -0.3 is 0 Å². The molecule has 0 N–H and O–H groups in total. The van der Waals surface area contributed by atoms with Gasteiger partial charge in [-0.25, -0.2) is 25.3 Å². The summed E-state index contributed by atoms with van der Waals surface area (Å²) in [5.74, 6) is 0. The van der Waals surface area contributed by atoms with Gasteiger partial charge in [0.15, 0.2) is 0 Å². The molecular weight excluding hydrogens is 342 g/mol. The monoisotopic (exact) mass is 342 g/mol. The first-order valence-corrected chi connectivity index (χ1v) is 7.81. The van der Waals surface area contributed by atoms with Crippen LogP contribution in [-0.2, 0) is 29.5 Å². The molecule has 1 heterocycles. The Kier molecular flexibility index (Phi) is 2.68. The zero-order valence-corrected chi connectivity index (χ0v) is 9.89. The molecule has 0 aromatic rings. The van der Waals surface area contributed by atoms with Crippen LogP contribution in [0, 0.1) is 0 Å². The van der Waals surface area contributed by atoms with Gasteiger partial charge in [0, 0.05) is 0 Å². The maximum Gasteiger partial charge on any atom is 0.459 e. The third kappa shape index (κ3) is 1.13. The minimum absolute atomic E-state index is 6.64. The first-order chi connectivity index (χ1) is 7.50. The second kappa shape index (κ2) is 3.12. The molecule has 1 saturated heterocycles. The number of sulfone groups is 3. The summed E-state index contributed by atoms with van der Waals surface area (Å²) in [6.07, 6.45) is 0. The third-order valence-electron chi connectivity index (χ3n) is 1.88. The zero-order valence-electron chi connectivity index (χ0n) is 7.44. The van der Waals surface area contributed by atoms with Crippen LogP contribution in [0.25, 0.3) is 0 Å². The second-order valence-electron chi connectivity index (χ2n) is 2.90. The molecule has 108 valence electrons. The van der Waals surface area contributed by atoms with Gasteiger partial charge in [-0.15, -0.1) is 0 Å². The van der Waals surface area contributed by atoms with Gasteiger partial charge in [0.25, 0.3) is 0 Å². The molecule has 0 radical (unpaired) electrons. The Labute approximate surface area is 95.3 Å². The zero-order chi connectivity index (χ0) is 15.0. The number of hydrogen-bond donors (Lipinski definition) is 0. The molecule has 18 heavy (non-hydrogen) atoms. The van der Waals surface area contributed by atoms with Gasteiger partial charge in [-0.2, -0.15) is 26.3 Å². The van der Waals surface area contributed by atoms with E-state index in [1.807, 2.05) is 0 Å². The maximum atomic E-state index is 12.7. The molecule has 1 rings (SSSR count). The average Bonchev–Trinajstić information content (AvgIpc) is 2.14. The van der Waals surface area contributed by atoms with Crippen molar-refractivity contribution in [3.63, 3.8) is 0 Å². The van der Waals surface area contributed by atoms with Gasteiger partial charge in [-0.3, -0.25) is 0 Å². The molecule has 0 atom stereocenters. The van der Waals surface area contributed by atoms with Gasteiger partial charge in [-0.1, -0.05) is 0 Å². The highest BCUT2D eigenvalue weighted by Gasteiger charge is 2.90. The van der Waals surface area contributed by atoms with E-state index in [1.54, 1.807) is 0 Å². The lowest BCUT2D eigenvalue weighted by molar-refractivity contribution is 0.0878. The fourth-order valence-electron chi connectivity index (χ4n) is 0.848. The molecule has 1 aliphatic heterocycles. The molecule has 0 unspecified atom stereocenters. The third-order valence-corrected chi connectivity index (χ3v) is 9.58. The molecule has 0 aromatic heterocycles. The molecule has 0 spiro atoms. The highest BCUT2D eigenvalue weighted by molar-refractivity contribution is 8.27. The summed E-state index contributed by atoms with van der Waals surface area (Å²) in [4.78, 5) is 0. The summed E-state index contributed by atoms with van der Waals surface area (Å²) in [6, 6.07) is 0. The van der Waals surface area contributed by atoms with Crippen LogP contribution >= 0.6 is 0 Å². The Balaban J connectivity index is 4.10. The van der Waals surface area contributed by atoms with Crippen LogP contribution in [0.5, 0.6) is 0 Å². The van der Waals surface area contributed by atoms with Crippen LogP contribution < -0.4 is 0 Å². The number of alkyl halides is 6. The van der Waals surface area contributed by atoms with Gasteiger partial charge in [0.05, 0.1) is 0 Å². The van der Waals surface area contributed by atoms with Crippen molar-refractivity contribution >= 4 is 29.5 Å². The average molecular weight is 342 g/mol. The molecule has 1 fully saturated rings. The van der Waals surface area contributed by atoms with E-state index >= 15 is 0 Å². The molecule has 15 heteroatoms. The number of rotatable bonds is 0. The molecule has 0 aromatic carbocycles. The summed E-state index contributed by atoms with van der Waals surface area (Å²) in [6.45, 7) is 0. The standard InChI is InChI=1S/C3F6O6S3/c4-1(5)16(10,11)2(6,7)18(14,15)3(8,9)17(1,12)13. The Morgan fingerprint density at radius 2 is 0.556 bits per heavy atom. The number of hydrogen-bond acceptors (Lipinski definition) is 6. The summed E-state index contributed by atoms with van der Waals surface area (Å²) >= 11 is 0. The second-order valence-corrected chi connectivity index (χ2v) is 9.77. The lowest BCUT2D eigenvalue weighted by Gasteiger charge is -2.32. The molecular formula is C3F6O6S3. The predicted molar refractivity (Wildman–Crippen MR) is 41.6 cm³/mol.